The largest absolute Gasteiger partial charge is 0.381 e. The molecule has 0 N–H and O–H groups in total. The lowest BCUT2D eigenvalue weighted by molar-refractivity contribution is 0.0431. The number of alkyl halides is 1. The molecule has 0 bridgehead atoms. The van der Waals surface area contributed by atoms with Crippen LogP contribution in [0.5, 0.6) is 0 Å². The summed E-state index contributed by atoms with van der Waals surface area (Å²) in [5.41, 5.74) is 0.527. The van der Waals surface area contributed by atoms with Crippen molar-refractivity contribution in [2.75, 3.05) is 54.1 Å². The average molecular weight is 333 g/mol. The van der Waals surface area contributed by atoms with Crippen LogP contribution in [0.3, 0.4) is 0 Å². The minimum atomic E-state index is -0.657. The molecule has 2 fully saturated rings. The summed E-state index contributed by atoms with van der Waals surface area (Å²) in [5, 5.41) is 0. The minimum Gasteiger partial charge on any atom is -0.381 e. The Kier molecular flexibility index (Phi) is 8.98. The zero-order valence-electron chi connectivity index (χ0n) is 16.0. The van der Waals surface area contributed by atoms with Crippen molar-refractivity contribution in [3.05, 3.63) is 0 Å². The van der Waals surface area contributed by atoms with Gasteiger partial charge in [-0.15, -0.1) is 0 Å². The molecule has 23 heavy (non-hydrogen) atoms. The van der Waals surface area contributed by atoms with Crippen molar-refractivity contribution >= 4 is 0 Å². The Bertz CT molecular complexity index is 322. The number of nitrogens with zero attached hydrogens (tertiary/aromatic N) is 2. The van der Waals surface area contributed by atoms with Crippen LogP contribution in [0.4, 0.5) is 4.39 Å². The molecule has 1 aliphatic heterocycles. The normalized spacial score (nSPS) is 26.5. The van der Waals surface area contributed by atoms with Crippen molar-refractivity contribution in [2.45, 2.75) is 58.4 Å². The third-order valence-corrected chi connectivity index (χ3v) is 4.48. The lowest BCUT2D eigenvalue weighted by Crippen LogP contribution is -2.30. The van der Waals surface area contributed by atoms with Crippen LogP contribution >= 0.6 is 0 Å². The topological polar surface area (TPSA) is 24.9 Å². The molecule has 138 valence electrons. The van der Waals surface area contributed by atoms with Gasteiger partial charge in [-0.25, -0.2) is 4.39 Å². The highest BCUT2D eigenvalue weighted by molar-refractivity contribution is 4.94. The molecule has 2 rings (SSSR count). The summed E-state index contributed by atoms with van der Waals surface area (Å²) < 4.78 is 23.7. The first-order valence-corrected chi connectivity index (χ1v) is 8.96. The number of rotatable bonds is 8. The Morgan fingerprint density at radius 2 is 1.96 bits per heavy atom. The lowest BCUT2D eigenvalue weighted by atomic mass is 10.1. The lowest BCUT2D eigenvalue weighted by Gasteiger charge is -2.19. The van der Waals surface area contributed by atoms with Crippen LogP contribution < -0.4 is 0 Å². The van der Waals surface area contributed by atoms with Crippen LogP contribution in [-0.4, -0.2) is 82.2 Å². The van der Waals surface area contributed by atoms with E-state index in [1.54, 1.807) is 0 Å². The zero-order valence-corrected chi connectivity index (χ0v) is 16.0. The summed E-state index contributed by atoms with van der Waals surface area (Å²) >= 11 is 0. The van der Waals surface area contributed by atoms with E-state index in [9.17, 15) is 4.39 Å². The molecule has 0 aromatic rings. The molecule has 0 amide bonds. The second kappa shape index (κ2) is 9.92. The third-order valence-electron chi connectivity index (χ3n) is 4.48. The van der Waals surface area contributed by atoms with E-state index in [0.717, 1.165) is 13.2 Å². The molecule has 1 saturated heterocycles. The van der Waals surface area contributed by atoms with Crippen LogP contribution in [-0.2, 0) is 9.47 Å². The van der Waals surface area contributed by atoms with Gasteiger partial charge < -0.3 is 14.4 Å². The first-order chi connectivity index (χ1) is 10.8. The van der Waals surface area contributed by atoms with E-state index >= 15 is 0 Å². The first-order valence-electron chi connectivity index (χ1n) is 8.96. The van der Waals surface area contributed by atoms with Gasteiger partial charge in [-0.05, 0) is 61.2 Å². The summed E-state index contributed by atoms with van der Waals surface area (Å²) in [6.45, 7) is 10.3. The maximum atomic E-state index is 12.9. The number of halogens is 1. The third kappa shape index (κ3) is 8.43. The van der Waals surface area contributed by atoms with Gasteiger partial charge in [0.2, 0.25) is 0 Å². The predicted octanol–water partition coefficient (Wildman–Crippen LogP) is 2.82. The van der Waals surface area contributed by atoms with Gasteiger partial charge in [-0.1, -0.05) is 0 Å². The smallest absolute Gasteiger partial charge is 0.114 e. The molecule has 1 aliphatic carbocycles. The van der Waals surface area contributed by atoms with Crippen LogP contribution in [0.25, 0.3) is 0 Å². The number of likely N-dealkylation sites (N-methyl/N-ethyl adjacent to an activating group) is 1. The van der Waals surface area contributed by atoms with Crippen molar-refractivity contribution < 1.29 is 13.9 Å². The number of likely N-dealkylation sites (tertiary alicyclic amines) is 1. The molecular weight excluding hydrogens is 295 g/mol. The minimum absolute atomic E-state index is 0.247. The highest BCUT2D eigenvalue weighted by Crippen LogP contribution is 2.46. The quantitative estimate of drug-likeness (QED) is 0.682. The fraction of sp³-hybridized carbons (Fsp3) is 1.00. The van der Waals surface area contributed by atoms with Gasteiger partial charge in [0.05, 0.1) is 19.3 Å². The van der Waals surface area contributed by atoms with Crippen molar-refractivity contribution in [3.63, 3.8) is 0 Å². The van der Waals surface area contributed by atoms with E-state index in [4.69, 9.17) is 9.47 Å². The Morgan fingerprint density at radius 3 is 2.35 bits per heavy atom. The summed E-state index contributed by atoms with van der Waals surface area (Å²) in [6.07, 6.45) is 2.92. The van der Waals surface area contributed by atoms with Gasteiger partial charge in [0.1, 0.15) is 6.17 Å². The van der Waals surface area contributed by atoms with E-state index < -0.39 is 6.17 Å². The fourth-order valence-electron chi connectivity index (χ4n) is 3.02. The zero-order chi connectivity index (χ0) is 17.5. The van der Waals surface area contributed by atoms with Gasteiger partial charge in [-0.2, -0.15) is 0 Å². The average Bonchev–Trinajstić information content (AvgIpc) is 3.12. The van der Waals surface area contributed by atoms with Gasteiger partial charge in [-0.3, -0.25) is 4.90 Å². The van der Waals surface area contributed by atoms with Crippen molar-refractivity contribution in [1.82, 2.24) is 9.80 Å². The van der Waals surface area contributed by atoms with E-state index in [0.29, 0.717) is 25.0 Å². The van der Waals surface area contributed by atoms with E-state index in [1.165, 1.54) is 19.4 Å². The Morgan fingerprint density at radius 1 is 1.30 bits per heavy atom. The summed E-state index contributed by atoms with van der Waals surface area (Å²) in [5.74, 6) is 0. The molecule has 0 spiro atoms. The standard InChI is InChI=1S/C9H18FNO.C9H19NO/c1-7(2)12-6-9-4-8(10)5-11(9)3;1-4-11-8-9(5-6-9)7-10(2)3/h7-9H,4-6H2,1-3H3;4-8H2,1-3H3. The molecule has 0 aromatic heterocycles. The molecule has 5 heteroatoms. The SMILES string of the molecule is CC(C)OCC1CC(F)CN1C.CCOCC1(CN(C)C)CC1. The Balaban J connectivity index is 0.000000231. The fourth-order valence-corrected chi connectivity index (χ4v) is 3.02. The van der Waals surface area contributed by atoms with Crippen LogP contribution in [0, 0.1) is 5.41 Å². The first kappa shape index (κ1) is 20.8. The van der Waals surface area contributed by atoms with Crippen LogP contribution in [0.1, 0.15) is 40.0 Å². The second-order valence-corrected chi connectivity index (χ2v) is 7.68. The number of ether oxygens (including phenoxy) is 2. The highest BCUT2D eigenvalue weighted by atomic mass is 19.1. The van der Waals surface area contributed by atoms with Crippen LogP contribution in [0.15, 0.2) is 0 Å². The number of hydrogen-bond donors (Lipinski definition) is 0. The van der Waals surface area contributed by atoms with E-state index in [2.05, 4.69) is 25.9 Å². The van der Waals surface area contributed by atoms with Gasteiger partial charge >= 0.3 is 0 Å². The summed E-state index contributed by atoms with van der Waals surface area (Å²) in [4.78, 5) is 4.29. The van der Waals surface area contributed by atoms with Crippen LogP contribution in [0.2, 0.25) is 0 Å². The van der Waals surface area contributed by atoms with Gasteiger partial charge in [0.15, 0.2) is 0 Å². The Labute approximate surface area is 142 Å². The molecule has 0 radical (unpaired) electrons. The van der Waals surface area contributed by atoms with Crippen molar-refractivity contribution in [2.24, 2.45) is 5.41 Å². The molecule has 2 unspecified atom stereocenters. The highest BCUT2D eigenvalue weighted by Gasteiger charge is 2.42. The molecule has 2 aliphatic rings. The molecule has 1 heterocycles. The molecule has 4 nitrogen and oxygen atoms in total. The Hall–Kier alpha value is -0.230. The molecule has 0 aromatic carbocycles. The maximum Gasteiger partial charge on any atom is 0.114 e. The molecular formula is C18H37FN2O2. The van der Waals surface area contributed by atoms with Crippen molar-refractivity contribution in [1.29, 1.82) is 0 Å². The molecule has 1 saturated carbocycles. The molecule has 2 atom stereocenters. The van der Waals surface area contributed by atoms with E-state index in [1.807, 2.05) is 25.8 Å². The monoisotopic (exact) mass is 332 g/mol. The van der Waals surface area contributed by atoms with E-state index in [-0.39, 0.29) is 12.1 Å². The van der Waals surface area contributed by atoms with Crippen molar-refractivity contribution in [3.8, 4) is 0 Å². The maximum absolute atomic E-state index is 12.9. The summed E-state index contributed by atoms with van der Waals surface area (Å²) in [6, 6.07) is 0.280. The summed E-state index contributed by atoms with van der Waals surface area (Å²) in [7, 11) is 6.21. The number of hydrogen-bond acceptors (Lipinski definition) is 4. The van der Waals surface area contributed by atoms with Gasteiger partial charge in [0, 0.05) is 31.2 Å². The predicted molar refractivity (Wildman–Crippen MR) is 93.7 cm³/mol. The van der Waals surface area contributed by atoms with Gasteiger partial charge in [0.25, 0.3) is 0 Å². The second-order valence-electron chi connectivity index (χ2n) is 7.68.